The Hall–Kier alpha value is -1.86. The predicted molar refractivity (Wildman–Crippen MR) is 77.0 cm³/mol. The molecular formula is C14H16N4O2S. The summed E-state index contributed by atoms with van der Waals surface area (Å²) in [5.41, 5.74) is 0.899. The summed E-state index contributed by atoms with van der Waals surface area (Å²) < 4.78 is 26.8. The molecule has 0 spiro atoms. The first-order valence-corrected chi connectivity index (χ1v) is 8.28. The van der Waals surface area contributed by atoms with E-state index in [2.05, 4.69) is 15.0 Å². The van der Waals surface area contributed by atoms with E-state index >= 15 is 0 Å². The summed E-state index contributed by atoms with van der Waals surface area (Å²) in [7, 11) is -3.48. The number of sulfonamides is 1. The Morgan fingerprint density at radius 1 is 1.19 bits per heavy atom. The van der Waals surface area contributed by atoms with Gasteiger partial charge in [-0.15, -0.1) is 0 Å². The first-order valence-electron chi connectivity index (χ1n) is 6.84. The lowest BCUT2D eigenvalue weighted by atomic mass is 9.96. The molecule has 110 valence electrons. The minimum Gasteiger partial charge on any atom is -0.263 e. The molecule has 0 amide bonds. The fourth-order valence-electron chi connectivity index (χ4n) is 2.59. The van der Waals surface area contributed by atoms with Crippen LogP contribution in [0.25, 0.3) is 0 Å². The average Bonchev–Trinajstić information content (AvgIpc) is 2.57. The highest BCUT2D eigenvalue weighted by atomic mass is 32.2. The van der Waals surface area contributed by atoms with Gasteiger partial charge in [-0.1, -0.05) is 0 Å². The number of rotatable bonds is 3. The van der Waals surface area contributed by atoms with E-state index in [4.69, 9.17) is 0 Å². The van der Waals surface area contributed by atoms with Crippen molar-refractivity contribution in [2.24, 2.45) is 0 Å². The maximum absolute atomic E-state index is 12.6. The van der Waals surface area contributed by atoms with Gasteiger partial charge in [0.15, 0.2) is 0 Å². The van der Waals surface area contributed by atoms with Gasteiger partial charge in [-0.3, -0.25) is 4.98 Å². The summed E-state index contributed by atoms with van der Waals surface area (Å²) in [5.74, 6) is 0.119. The van der Waals surface area contributed by atoms with Gasteiger partial charge in [-0.25, -0.2) is 18.4 Å². The van der Waals surface area contributed by atoms with Crippen LogP contribution in [0.3, 0.4) is 0 Å². The maximum Gasteiger partial charge on any atom is 0.244 e. The van der Waals surface area contributed by atoms with Gasteiger partial charge in [0.05, 0.1) is 0 Å². The van der Waals surface area contributed by atoms with Crippen LogP contribution in [0.2, 0.25) is 0 Å². The molecule has 1 aliphatic rings. The monoisotopic (exact) mass is 304 g/mol. The van der Waals surface area contributed by atoms with E-state index in [9.17, 15) is 8.42 Å². The summed E-state index contributed by atoms with van der Waals surface area (Å²) in [6, 6.07) is 5.07. The van der Waals surface area contributed by atoms with E-state index in [0.29, 0.717) is 13.1 Å². The van der Waals surface area contributed by atoms with Crippen LogP contribution in [0.4, 0.5) is 0 Å². The van der Waals surface area contributed by atoms with Crippen molar-refractivity contribution in [3.05, 3.63) is 48.8 Å². The molecule has 0 radical (unpaired) electrons. The number of aromatic nitrogens is 3. The molecule has 0 N–H and O–H groups in total. The van der Waals surface area contributed by atoms with E-state index in [0.717, 1.165) is 18.5 Å². The van der Waals surface area contributed by atoms with Crippen molar-refractivity contribution < 1.29 is 8.42 Å². The van der Waals surface area contributed by atoms with E-state index in [1.165, 1.54) is 16.8 Å². The minimum atomic E-state index is -3.48. The fourth-order valence-corrected chi connectivity index (χ4v) is 4.08. The van der Waals surface area contributed by atoms with Crippen LogP contribution in [0.15, 0.2) is 48.0 Å². The van der Waals surface area contributed by atoms with E-state index in [1.807, 2.05) is 6.07 Å². The zero-order valence-electron chi connectivity index (χ0n) is 11.5. The van der Waals surface area contributed by atoms with Crippen LogP contribution in [0.1, 0.15) is 24.5 Å². The average molecular weight is 304 g/mol. The van der Waals surface area contributed by atoms with Crippen molar-refractivity contribution in [2.75, 3.05) is 13.1 Å². The molecule has 1 aliphatic heterocycles. The molecule has 3 rings (SSSR count). The zero-order valence-corrected chi connectivity index (χ0v) is 12.3. The molecule has 0 saturated carbocycles. The molecule has 1 saturated heterocycles. The van der Waals surface area contributed by atoms with Gasteiger partial charge in [-0.2, -0.15) is 4.31 Å². The highest BCUT2D eigenvalue weighted by molar-refractivity contribution is 7.89. The molecule has 7 heteroatoms. The molecule has 0 aliphatic carbocycles. The molecule has 0 unspecified atom stereocenters. The van der Waals surface area contributed by atoms with Crippen molar-refractivity contribution >= 4 is 10.0 Å². The normalized spacial score (nSPS) is 20.3. The molecule has 1 atom stereocenters. The van der Waals surface area contributed by atoms with Crippen molar-refractivity contribution in [3.63, 3.8) is 0 Å². The van der Waals surface area contributed by atoms with E-state index in [1.54, 1.807) is 24.5 Å². The summed E-state index contributed by atoms with van der Waals surface area (Å²) in [6.45, 7) is 0.993. The topological polar surface area (TPSA) is 76.1 Å². The van der Waals surface area contributed by atoms with Gasteiger partial charge in [0.25, 0.3) is 0 Å². The third-order valence-corrected chi connectivity index (χ3v) is 5.53. The highest BCUT2D eigenvalue weighted by Gasteiger charge is 2.31. The molecule has 0 bridgehead atoms. The van der Waals surface area contributed by atoms with Crippen LogP contribution in [-0.4, -0.2) is 40.8 Å². The van der Waals surface area contributed by atoms with Crippen LogP contribution in [-0.2, 0) is 10.0 Å². The van der Waals surface area contributed by atoms with Crippen LogP contribution < -0.4 is 0 Å². The first-order chi connectivity index (χ1) is 10.2. The summed E-state index contributed by atoms with van der Waals surface area (Å²) in [6.07, 6.45) is 7.92. The highest BCUT2D eigenvalue weighted by Crippen LogP contribution is 2.28. The molecule has 1 fully saturated rings. The lowest BCUT2D eigenvalue weighted by molar-refractivity contribution is 0.312. The standard InChI is InChI=1S/C14H16N4O2S/c19-21(20,13-4-1-6-15-9-13)18-8-2-3-12(10-18)14-5-7-16-11-17-14/h1,4-7,9,11-12H,2-3,8,10H2/t12-/m1/s1. The number of piperidine rings is 1. The van der Waals surface area contributed by atoms with Crippen LogP contribution >= 0.6 is 0 Å². The summed E-state index contributed by atoms with van der Waals surface area (Å²) in [4.78, 5) is 12.3. The first kappa shape index (κ1) is 14.1. The summed E-state index contributed by atoms with van der Waals surface area (Å²) >= 11 is 0. The Balaban J connectivity index is 1.84. The Morgan fingerprint density at radius 2 is 2.10 bits per heavy atom. The second-order valence-corrected chi connectivity index (χ2v) is 6.96. The number of hydrogen-bond donors (Lipinski definition) is 0. The lowest BCUT2D eigenvalue weighted by Gasteiger charge is -2.31. The Morgan fingerprint density at radius 3 is 2.81 bits per heavy atom. The van der Waals surface area contributed by atoms with Crippen LogP contribution in [0.5, 0.6) is 0 Å². The zero-order chi connectivity index (χ0) is 14.7. The molecule has 6 nitrogen and oxygen atoms in total. The Kier molecular flexibility index (Phi) is 3.94. The minimum absolute atomic E-state index is 0.119. The Bertz CT molecular complexity index is 691. The lowest BCUT2D eigenvalue weighted by Crippen LogP contribution is -2.39. The maximum atomic E-state index is 12.6. The molecule has 21 heavy (non-hydrogen) atoms. The van der Waals surface area contributed by atoms with Crippen molar-refractivity contribution in [2.45, 2.75) is 23.7 Å². The smallest absolute Gasteiger partial charge is 0.244 e. The van der Waals surface area contributed by atoms with Crippen LogP contribution in [0, 0.1) is 0 Å². The summed E-state index contributed by atoms with van der Waals surface area (Å²) in [5, 5.41) is 0. The SMILES string of the molecule is O=S(=O)(c1cccnc1)N1CCC[C@@H](c2ccncn2)C1. The van der Waals surface area contributed by atoms with Gasteiger partial charge < -0.3 is 0 Å². The molecule has 2 aromatic heterocycles. The number of nitrogens with zero attached hydrogens (tertiary/aromatic N) is 4. The van der Waals surface area contributed by atoms with E-state index < -0.39 is 10.0 Å². The predicted octanol–water partition coefficient (Wildman–Crippen LogP) is 1.44. The van der Waals surface area contributed by atoms with Gasteiger partial charge >= 0.3 is 0 Å². The largest absolute Gasteiger partial charge is 0.263 e. The molecular weight excluding hydrogens is 288 g/mol. The molecule has 2 aromatic rings. The van der Waals surface area contributed by atoms with Crippen molar-refractivity contribution in [1.29, 1.82) is 0 Å². The second kappa shape index (κ2) is 5.87. The Labute approximate surface area is 123 Å². The fraction of sp³-hybridized carbons (Fsp3) is 0.357. The van der Waals surface area contributed by atoms with Gasteiger partial charge in [-0.05, 0) is 31.0 Å². The molecule has 0 aromatic carbocycles. The third kappa shape index (κ3) is 2.93. The van der Waals surface area contributed by atoms with Gasteiger partial charge in [0, 0.05) is 43.3 Å². The van der Waals surface area contributed by atoms with Crippen molar-refractivity contribution in [1.82, 2.24) is 19.3 Å². The van der Waals surface area contributed by atoms with Gasteiger partial charge in [0.2, 0.25) is 10.0 Å². The molecule has 3 heterocycles. The van der Waals surface area contributed by atoms with Gasteiger partial charge in [0.1, 0.15) is 11.2 Å². The number of pyridine rings is 1. The van der Waals surface area contributed by atoms with E-state index in [-0.39, 0.29) is 10.8 Å². The van der Waals surface area contributed by atoms with Crippen molar-refractivity contribution in [3.8, 4) is 0 Å². The second-order valence-electron chi connectivity index (χ2n) is 5.03. The number of hydrogen-bond acceptors (Lipinski definition) is 5. The third-order valence-electron chi connectivity index (χ3n) is 3.68. The quantitative estimate of drug-likeness (QED) is 0.857.